The summed E-state index contributed by atoms with van der Waals surface area (Å²) >= 11 is 1.77. The minimum atomic E-state index is -0.177. The molecule has 13 rings (SSSR count). The Kier molecular flexibility index (Phi) is 8.98. The largest absolute Gasteiger partial charge is 0.309 e. The molecule has 0 saturated carbocycles. The predicted octanol–water partition coefficient (Wildman–Crippen LogP) is 15.9. The van der Waals surface area contributed by atoms with Crippen LogP contribution in [0.25, 0.3) is 116 Å². The molecule has 316 valence electrons. The first kappa shape index (κ1) is 39.1. The van der Waals surface area contributed by atoms with Gasteiger partial charge in [-0.15, -0.1) is 11.3 Å². The first-order valence-electron chi connectivity index (χ1n) is 22.7. The van der Waals surface area contributed by atoms with Crippen molar-refractivity contribution in [2.45, 2.75) is 19.3 Å². The summed E-state index contributed by atoms with van der Waals surface area (Å²) in [5.41, 5.74) is 18.1. The summed E-state index contributed by atoms with van der Waals surface area (Å²) in [6.45, 7) is 4.73. The van der Waals surface area contributed by atoms with Gasteiger partial charge in [-0.2, -0.15) is 0 Å². The van der Waals surface area contributed by atoms with Crippen molar-refractivity contribution in [2.24, 2.45) is 0 Å². The molecule has 1 aliphatic rings. The molecule has 0 fully saturated rings. The molecule has 0 aliphatic heterocycles. The number of benzene rings is 9. The second-order valence-corrected chi connectivity index (χ2v) is 18.9. The lowest BCUT2D eigenvalue weighted by Crippen LogP contribution is -2.14. The molecule has 5 nitrogen and oxygen atoms in total. The molecule has 0 radical (unpaired) electrons. The van der Waals surface area contributed by atoms with Gasteiger partial charge in [-0.1, -0.05) is 172 Å². The summed E-state index contributed by atoms with van der Waals surface area (Å²) in [6.07, 6.45) is 0. The Morgan fingerprint density at radius 3 is 1.48 bits per heavy atom. The van der Waals surface area contributed by atoms with Gasteiger partial charge in [0.15, 0.2) is 17.5 Å². The van der Waals surface area contributed by atoms with Gasteiger partial charge in [0, 0.05) is 44.1 Å². The van der Waals surface area contributed by atoms with Gasteiger partial charge in [-0.05, 0) is 99.1 Å². The fraction of sp³-hybridized carbons (Fsp3) is 0.0492. The predicted molar refractivity (Wildman–Crippen MR) is 278 cm³/mol. The molecule has 12 aromatic rings. The molecule has 6 heteroatoms. The third-order valence-corrected chi connectivity index (χ3v) is 14.5. The lowest BCUT2D eigenvalue weighted by molar-refractivity contribution is 0.661. The highest BCUT2D eigenvalue weighted by atomic mass is 32.1. The number of nitrogens with zero attached hydrogens (tertiary/aromatic N) is 5. The third kappa shape index (κ3) is 6.59. The summed E-state index contributed by atoms with van der Waals surface area (Å²) in [7, 11) is 0. The van der Waals surface area contributed by atoms with Crippen LogP contribution in [0.15, 0.2) is 212 Å². The molecule has 0 spiro atoms. The number of fused-ring (bicyclic) bond motifs is 7. The first-order valence-corrected chi connectivity index (χ1v) is 23.5. The second-order valence-electron chi connectivity index (χ2n) is 17.9. The van der Waals surface area contributed by atoms with Crippen LogP contribution in [0.2, 0.25) is 0 Å². The summed E-state index contributed by atoms with van der Waals surface area (Å²) < 4.78 is 3.61. The molecule has 1 aliphatic carbocycles. The molecule has 0 saturated heterocycles. The summed E-state index contributed by atoms with van der Waals surface area (Å²) in [4.78, 5) is 20.2. The van der Waals surface area contributed by atoms with E-state index in [1.165, 1.54) is 60.0 Å². The van der Waals surface area contributed by atoms with E-state index in [1.807, 2.05) is 60.7 Å². The van der Waals surface area contributed by atoms with Gasteiger partial charge < -0.3 is 4.57 Å². The van der Waals surface area contributed by atoms with Gasteiger partial charge >= 0.3 is 0 Å². The van der Waals surface area contributed by atoms with E-state index in [4.69, 9.17) is 19.9 Å². The lowest BCUT2D eigenvalue weighted by Gasteiger charge is -2.22. The van der Waals surface area contributed by atoms with Gasteiger partial charge in [-0.3, -0.25) is 0 Å². The van der Waals surface area contributed by atoms with Crippen molar-refractivity contribution >= 4 is 43.4 Å². The minimum Gasteiger partial charge on any atom is -0.309 e. The maximum atomic E-state index is 5.11. The number of hydrogen-bond donors (Lipinski definition) is 0. The summed E-state index contributed by atoms with van der Waals surface area (Å²) in [5, 5.41) is 3.44. The molecule has 9 aromatic carbocycles. The Morgan fingerprint density at radius 2 is 0.866 bits per heavy atom. The Hall–Kier alpha value is -8.32. The highest BCUT2D eigenvalue weighted by Crippen LogP contribution is 2.52. The Morgan fingerprint density at radius 1 is 0.373 bits per heavy atom. The van der Waals surface area contributed by atoms with Crippen molar-refractivity contribution in [2.75, 3.05) is 0 Å². The highest BCUT2D eigenvalue weighted by Gasteiger charge is 2.36. The fourth-order valence-electron chi connectivity index (χ4n) is 10.1. The smallest absolute Gasteiger partial charge is 0.164 e. The van der Waals surface area contributed by atoms with Crippen LogP contribution in [0.5, 0.6) is 0 Å². The number of rotatable bonds is 7. The van der Waals surface area contributed by atoms with Gasteiger partial charge in [0.1, 0.15) is 5.01 Å². The lowest BCUT2D eigenvalue weighted by atomic mass is 9.81. The van der Waals surface area contributed by atoms with Crippen molar-refractivity contribution in [3.63, 3.8) is 0 Å². The molecule has 0 unspecified atom stereocenters. The van der Waals surface area contributed by atoms with Crippen molar-refractivity contribution in [1.82, 2.24) is 24.5 Å². The standard InChI is InChI=1S/C61H41N5S/c1-61(2)51-35-44(26-29-47(51)48-36-53-56(37-52(48)61)67-60(62-53)41-22-13-6-14-23-41)43-28-31-55-50(34-43)49-33-42(38-16-7-3-8-17-38)27-30-54(49)66(55)46-25-15-24-45(32-46)59-64-57(39-18-9-4-10-19-39)63-58(65-59)40-20-11-5-12-21-40/h3-37H,1-2H3. The van der Waals surface area contributed by atoms with E-state index in [9.17, 15) is 0 Å². The monoisotopic (exact) mass is 875 g/mol. The van der Waals surface area contributed by atoms with Crippen LogP contribution >= 0.6 is 11.3 Å². The van der Waals surface area contributed by atoms with Crippen molar-refractivity contribution in [1.29, 1.82) is 0 Å². The zero-order valence-corrected chi connectivity index (χ0v) is 37.7. The average Bonchev–Trinajstić information content (AvgIpc) is 4.03. The molecule has 0 bridgehead atoms. The van der Waals surface area contributed by atoms with Crippen LogP contribution in [0.1, 0.15) is 25.0 Å². The maximum Gasteiger partial charge on any atom is 0.164 e. The van der Waals surface area contributed by atoms with Gasteiger partial charge in [-0.25, -0.2) is 19.9 Å². The van der Waals surface area contributed by atoms with Crippen LogP contribution in [-0.4, -0.2) is 24.5 Å². The van der Waals surface area contributed by atoms with Crippen molar-refractivity contribution < 1.29 is 0 Å². The zero-order chi connectivity index (χ0) is 44.6. The van der Waals surface area contributed by atoms with Crippen LogP contribution in [0, 0.1) is 0 Å². The number of thiazole rings is 1. The summed E-state index contributed by atoms with van der Waals surface area (Å²) in [5.74, 6) is 1.90. The topological polar surface area (TPSA) is 56.5 Å². The molecule has 3 aromatic heterocycles. The van der Waals surface area contributed by atoms with Crippen LogP contribution in [-0.2, 0) is 5.41 Å². The SMILES string of the molecule is CC1(C)c2cc(-c3ccc4c(c3)c3cc(-c5ccccc5)ccc3n4-c3cccc(-c4nc(-c5ccccc5)nc(-c5ccccc5)n4)c3)ccc2-c2cc3nc(-c4ccccc4)sc3cc21. The Balaban J connectivity index is 0.940. The molecule has 3 heterocycles. The number of hydrogen-bond acceptors (Lipinski definition) is 5. The van der Waals surface area contributed by atoms with Crippen molar-refractivity contribution in [3.05, 3.63) is 223 Å². The third-order valence-electron chi connectivity index (χ3n) is 13.5. The summed E-state index contributed by atoms with van der Waals surface area (Å²) in [6, 6.07) is 75.6. The Labute approximate surface area is 392 Å². The molecular formula is C61H41N5S. The van der Waals surface area contributed by atoms with E-state index < -0.39 is 0 Å². The highest BCUT2D eigenvalue weighted by molar-refractivity contribution is 7.21. The normalized spacial score (nSPS) is 12.7. The van der Waals surface area contributed by atoms with Crippen LogP contribution in [0.4, 0.5) is 0 Å². The first-order chi connectivity index (χ1) is 32.9. The Bertz CT molecular complexity index is 3820. The fourth-order valence-corrected chi connectivity index (χ4v) is 11.0. The molecule has 0 atom stereocenters. The van der Waals surface area contributed by atoms with Crippen LogP contribution in [0.3, 0.4) is 0 Å². The molecule has 0 amide bonds. The quantitative estimate of drug-likeness (QED) is 0.160. The number of aromatic nitrogens is 5. The van der Waals surface area contributed by atoms with Gasteiger partial charge in [0.2, 0.25) is 0 Å². The zero-order valence-electron chi connectivity index (χ0n) is 36.9. The van der Waals surface area contributed by atoms with Gasteiger partial charge in [0.05, 0.1) is 21.3 Å². The van der Waals surface area contributed by atoms with E-state index in [-0.39, 0.29) is 5.41 Å². The molecular weight excluding hydrogens is 835 g/mol. The molecule has 67 heavy (non-hydrogen) atoms. The minimum absolute atomic E-state index is 0.177. The van der Waals surface area contributed by atoms with Gasteiger partial charge in [0.25, 0.3) is 0 Å². The maximum absolute atomic E-state index is 5.11. The van der Waals surface area contributed by atoms with E-state index in [1.54, 1.807) is 11.3 Å². The van der Waals surface area contributed by atoms with Crippen LogP contribution < -0.4 is 0 Å². The van der Waals surface area contributed by atoms with E-state index in [0.717, 1.165) is 49.5 Å². The van der Waals surface area contributed by atoms with E-state index in [2.05, 4.69) is 170 Å². The molecule has 0 N–H and O–H groups in total. The second kappa shape index (κ2) is 15.4. The average molecular weight is 876 g/mol. The van der Waals surface area contributed by atoms with E-state index >= 15 is 0 Å². The van der Waals surface area contributed by atoms with E-state index in [0.29, 0.717) is 17.5 Å². The van der Waals surface area contributed by atoms with Crippen molar-refractivity contribution in [3.8, 4) is 83.8 Å².